The molecule has 6 heteroatoms. The lowest BCUT2D eigenvalue weighted by molar-refractivity contribution is 0.174. The van der Waals surface area contributed by atoms with Crippen molar-refractivity contribution >= 4 is 11.6 Å². The van der Waals surface area contributed by atoms with E-state index in [4.69, 9.17) is 15.2 Å². The zero-order valence-corrected chi connectivity index (χ0v) is 9.59. The van der Waals surface area contributed by atoms with Crippen molar-refractivity contribution in [1.29, 1.82) is 0 Å². The first kappa shape index (κ1) is 10.6. The lowest BCUT2D eigenvalue weighted by atomic mass is 10.2. The van der Waals surface area contributed by atoms with E-state index >= 15 is 0 Å². The molecule has 3 rings (SSSR count). The molecule has 0 radical (unpaired) electrons. The maximum absolute atomic E-state index is 5.51. The highest BCUT2D eigenvalue weighted by atomic mass is 16.7. The summed E-state index contributed by atoms with van der Waals surface area (Å²) in [5, 5.41) is 3.11. The second-order valence-electron chi connectivity index (χ2n) is 3.88. The van der Waals surface area contributed by atoms with Crippen molar-refractivity contribution < 1.29 is 9.47 Å². The molecule has 1 aliphatic heterocycles. The summed E-state index contributed by atoms with van der Waals surface area (Å²) in [5.41, 5.74) is 7.13. The molecule has 0 spiro atoms. The predicted molar refractivity (Wildman–Crippen MR) is 66.3 cm³/mol. The Labute approximate surface area is 104 Å². The van der Waals surface area contributed by atoms with Gasteiger partial charge in [0, 0.05) is 6.54 Å². The highest BCUT2D eigenvalue weighted by Gasteiger charge is 2.12. The van der Waals surface area contributed by atoms with Crippen molar-refractivity contribution in [3.63, 3.8) is 0 Å². The number of nitrogen functional groups attached to an aromatic ring is 1. The van der Waals surface area contributed by atoms with Crippen LogP contribution in [0.1, 0.15) is 5.56 Å². The van der Waals surface area contributed by atoms with Gasteiger partial charge in [0.25, 0.3) is 0 Å². The van der Waals surface area contributed by atoms with Crippen LogP contribution in [0, 0.1) is 0 Å². The number of anilines is 2. The lowest BCUT2D eigenvalue weighted by Crippen LogP contribution is -2.03. The van der Waals surface area contributed by atoms with Gasteiger partial charge in [-0.1, -0.05) is 6.07 Å². The number of nitrogens with zero attached hydrogens (tertiary/aromatic N) is 2. The number of hydrogen-bond donors (Lipinski definition) is 2. The van der Waals surface area contributed by atoms with Crippen LogP contribution in [-0.4, -0.2) is 16.8 Å². The largest absolute Gasteiger partial charge is 0.454 e. The van der Waals surface area contributed by atoms with Crippen LogP contribution in [0.2, 0.25) is 0 Å². The molecule has 1 aromatic heterocycles. The minimum Gasteiger partial charge on any atom is -0.454 e. The molecular formula is C12H12N4O2. The summed E-state index contributed by atoms with van der Waals surface area (Å²) in [7, 11) is 0. The van der Waals surface area contributed by atoms with Crippen LogP contribution in [-0.2, 0) is 6.54 Å². The standard InChI is InChI=1S/C12H12N4O2/c13-9-5-15-12(16-6-9)14-4-8-1-2-10-11(3-8)18-7-17-10/h1-3,5-6H,4,7,13H2,(H,14,15,16). The molecule has 0 saturated heterocycles. The number of hydrogen-bond acceptors (Lipinski definition) is 6. The zero-order valence-electron chi connectivity index (χ0n) is 9.59. The Hall–Kier alpha value is -2.50. The fourth-order valence-corrected chi connectivity index (χ4v) is 1.66. The second-order valence-corrected chi connectivity index (χ2v) is 3.88. The first-order valence-electron chi connectivity index (χ1n) is 5.51. The van der Waals surface area contributed by atoms with Crippen molar-refractivity contribution in [1.82, 2.24) is 9.97 Å². The normalized spacial score (nSPS) is 12.4. The third-order valence-electron chi connectivity index (χ3n) is 2.56. The zero-order chi connectivity index (χ0) is 12.4. The van der Waals surface area contributed by atoms with Crippen LogP contribution in [0.15, 0.2) is 30.6 Å². The number of nitrogens with one attached hydrogen (secondary N) is 1. The van der Waals surface area contributed by atoms with Gasteiger partial charge in [-0.25, -0.2) is 9.97 Å². The summed E-state index contributed by atoms with van der Waals surface area (Å²) in [6.07, 6.45) is 3.13. The van der Waals surface area contributed by atoms with Gasteiger partial charge in [-0.2, -0.15) is 0 Å². The Morgan fingerprint density at radius 1 is 1.17 bits per heavy atom. The van der Waals surface area contributed by atoms with E-state index in [0.29, 0.717) is 18.2 Å². The van der Waals surface area contributed by atoms with Crippen LogP contribution >= 0.6 is 0 Å². The average molecular weight is 244 g/mol. The monoisotopic (exact) mass is 244 g/mol. The predicted octanol–water partition coefficient (Wildman–Crippen LogP) is 1.40. The number of ether oxygens (including phenoxy) is 2. The summed E-state index contributed by atoms with van der Waals surface area (Å²) in [6.45, 7) is 0.897. The van der Waals surface area contributed by atoms with E-state index in [0.717, 1.165) is 17.1 Å². The second kappa shape index (κ2) is 4.40. The molecule has 18 heavy (non-hydrogen) atoms. The Balaban J connectivity index is 1.68. The van der Waals surface area contributed by atoms with Gasteiger partial charge in [0.05, 0.1) is 18.1 Å². The summed E-state index contributed by atoms with van der Waals surface area (Å²) in [5.74, 6) is 2.09. The molecule has 0 unspecified atom stereocenters. The van der Waals surface area contributed by atoms with Gasteiger partial charge in [0.15, 0.2) is 11.5 Å². The van der Waals surface area contributed by atoms with Gasteiger partial charge in [-0.05, 0) is 17.7 Å². The van der Waals surface area contributed by atoms with E-state index in [1.165, 1.54) is 0 Å². The summed E-state index contributed by atoms with van der Waals surface area (Å²) in [4.78, 5) is 8.13. The Morgan fingerprint density at radius 2 is 1.94 bits per heavy atom. The Morgan fingerprint density at radius 3 is 2.78 bits per heavy atom. The van der Waals surface area contributed by atoms with Gasteiger partial charge >= 0.3 is 0 Å². The molecule has 2 aromatic rings. The number of fused-ring (bicyclic) bond motifs is 1. The van der Waals surface area contributed by atoms with Crippen molar-refractivity contribution in [3.05, 3.63) is 36.2 Å². The number of nitrogens with two attached hydrogens (primary N) is 1. The Bertz CT molecular complexity index is 557. The van der Waals surface area contributed by atoms with Gasteiger partial charge in [0.1, 0.15) is 0 Å². The number of rotatable bonds is 3. The van der Waals surface area contributed by atoms with Crippen LogP contribution < -0.4 is 20.5 Å². The maximum Gasteiger partial charge on any atom is 0.231 e. The van der Waals surface area contributed by atoms with Gasteiger partial charge in [-0.3, -0.25) is 0 Å². The van der Waals surface area contributed by atoms with E-state index in [1.807, 2.05) is 18.2 Å². The van der Waals surface area contributed by atoms with Crippen LogP contribution in [0.4, 0.5) is 11.6 Å². The van der Waals surface area contributed by atoms with Gasteiger partial charge in [0.2, 0.25) is 12.7 Å². The summed E-state index contributed by atoms with van der Waals surface area (Å²) < 4.78 is 10.6. The number of benzene rings is 1. The molecule has 0 aliphatic carbocycles. The first-order chi connectivity index (χ1) is 8.81. The molecule has 0 amide bonds. The molecule has 6 nitrogen and oxygen atoms in total. The number of aromatic nitrogens is 2. The van der Waals surface area contributed by atoms with E-state index in [2.05, 4.69) is 15.3 Å². The molecule has 0 saturated carbocycles. The maximum atomic E-state index is 5.51. The fraction of sp³-hybridized carbons (Fsp3) is 0.167. The van der Waals surface area contributed by atoms with E-state index < -0.39 is 0 Å². The van der Waals surface area contributed by atoms with Crippen molar-refractivity contribution in [2.24, 2.45) is 0 Å². The first-order valence-corrected chi connectivity index (χ1v) is 5.51. The van der Waals surface area contributed by atoms with Crippen molar-refractivity contribution in [2.75, 3.05) is 17.8 Å². The van der Waals surface area contributed by atoms with Crippen molar-refractivity contribution in [2.45, 2.75) is 6.54 Å². The van der Waals surface area contributed by atoms with Gasteiger partial charge < -0.3 is 20.5 Å². The third kappa shape index (κ3) is 2.13. The Kier molecular flexibility index (Phi) is 2.60. The molecule has 0 fully saturated rings. The van der Waals surface area contributed by atoms with Crippen molar-refractivity contribution in [3.8, 4) is 11.5 Å². The molecular weight excluding hydrogens is 232 g/mol. The third-order valence-corrected chi connectivity index (χ3v) is 2.56. The minimum atomic E-state index is 0.285. The SMILES string of the molecule is Nc1cnc(NCc2ccc3c(c2)OCO3)nc1. The van der Waals surface area contributed by atoms with Crippen LogP contribution in [0.25, 0.3) is 0 Å². The molecule has 2 heterocycles. The van der Waals surface area contributed by atoms with Crippen LogP contribution in [0.5, 0.6) is 11.5 Å². The van der Waals surface area contributed by atoms with E-state index in [1.54, 1.807) is 12.4 Å². The van der Waals surface area contributed by atoms with E-state index in [-0.39, 0.29) is 6.79 Å². The molecule has 0 atom stereocenters. The minimum absolute atomic E-state index is 0.285. The topological polar surface area (TPSA) is 82.3 Å². The highest BCUT2D eigenvalue weighted by Crippen LogP contribution is 2.32. The van der Waals surface area contributed by atoms with Gasteiger partial charge in [-0.15, -0.1) is 0 Å². The smallest absolute Gasteiger partial charge is 0.231 e. The molecule has 1 aliphatic rings. The molecule has 92 valence electrons. The molecule has 1 aromatic carbocycles. The fourth-order valence-electron chi connectivity index (χ4n) is 1.66. The lowest BCUT2D eigenvalue weighted by Gasteiger charge is -2.05. The quantitative estimate of drug-likeness (QED) is 0.849. The summed E-state index contributed by atoms with van der Waals surface area (Å²) in [6, 6.07) is 5.80. The molecule has 3 N–H and O–H groups in total. The summed E-state index contributed by atoms with van der Waals surface area (Å²) >= 11 is 0. The van der Waals surface area contributed by atoms with Crippen LogP contribution in [0.3, 0.4) is 0 Å². The highest BCUT2D eigenvalue weighted by molar-refractivity contribution is 5.45. The molecule has 0 bridgehead atoms. The average Bonchev–Trinajstić information content (AvgIpc) is 2.85. The van der Waals surface area contributed by atoms with E-state index in [9.17, 15) is 0 Å².